The fourth-order valence-electron chi connectivity index (χ4n) is 1.20. The van der Waals surface area contributed by atoms with Gasteiger partial charge in [-0.25, -0.2) is 4.79 Å². The SMILES string of the molecule is CC(CCCC=O)N(C)C(=O)OC(C)(C)C. The van der Waals surface area contributed by atoms with Gasteiger partial charge >= 0.3 is 6.09 Å². The first-order valence-electron chi connectivity index (χ1n) is 5.67. The number of unbranched alkanes of at least 4 members (excludes halogenated alkanes) is 1. The quantitative estimate of drug-likeness (QED) is 0.537. The van der Waals surface area contributed by atoms with E-state index in [1.807, 2.05) is 27.7 Å². The van der Waals surface area contributed by atoms with E-state index in [1.165, 1.54) is 0 Å². The molecule has 0 aliphatic rings. The Hall–Kier alpha value is -1.06. The number of carbonyl (C=O) groups is 2. The van der Waals surface area contributed by atoms with E-state index in [0.29, 0.717) is 6.42 Å². The third-order valence-corrected chi connectivity index (χ3v) is 2.29. The highest BCUT2D eigenvalue weighted by atomic mass is 16.6. The topological polar surface area (TPSA) is 46.6 Å². The second-order valence-corrected chi connectivity index (χ2v) is 5.04. The maximum atomic E-state index is 11.7. The second-order valence-electron chi connectivity index (χ2n) is 5.04. The maximum Gasteiger partial charge on any atom is 0.410 e. The number of hydrogen-bond donors (Lipinski definition) is 0. The van der Waals surface area contributed by atoms with Gasteiger partial charge in [0.1, 0.15) is 11.9 Å². The van der Waals surface area contributed by atoms with Gasteiger partial charge < -0.3 is 14.4 Å². The molecule has 0 N–H and O–H groups in total. The Balaban J connectivity index is 4.06. The van der Waals surface area contributed by atoms with Crippen LogP contribution in [0.15, 0.2) is 0 Å². The van der Waals surface area contributed by atoms with Crippen molar-refractivity contribution >= 4 is 12.4 Å². The van der Waals surface area contributed by atoms with E-state index < -0.39 is 5.60 Å². The molecule has 0 fully saturated rings. The third kappa shape index (κ3) is 6.43. The minimum atomic E-state index is -0.464. The van der Waals surface area contributed by atoms with Crippen molar-refractivity contribution in [3.63, 3.8) is 0 Å². The van der Waals surface area contributed by atoms with E-state index in [9.17, 15) is 9.59 Å². The zero-order valence-electron chi connectivity index (χ0n) is 10.9. The summed E-state index contributed by atoms with van der Waals surface area (Å²) in [5.74, 6) is 0. The molecule has 0 aromatic heterocycles. The van der Waals surface area contributed by atoms with Gasteiger partial charge in [-0.3, -0.25) is 0 Å². The maximum absolute atomic E-state index is 11.7. The number of rotatable bonds is 5. The van der Waals surface area contributed by atoms with Crippen molar-refractivity contribution < 1.29 is 14.3 Å². The molecule has 0 radical (unpaired) electrons. The Morgan fingerprint density at radius 1 is 1.44 bits per heavy atom. The molecule has 0 spiro atoms. The van der Waals surface area contributed by atoms with Crippen molar-refractivity contribution in [1.82, 2.24) is 4.90 Å². The predicted molar refractivity (Wildman–Crippen MR) is 63.4 cm³/mol. The predicted octanol–water partition coefficient (Wildman–Crippen LogP) is 2.61. The van der Waals surface area contributed by atoms with Gasteiger partial charge in [0.15, 0.2) is 0 Å². The van der Waals surface area contributed by atoms with E-state index in [0.717, 1.165) is 19.1 Å². The summed E-state index contributed by atoms with van der Waals surface area (Å²) in [6, 6.07) is 0.0924. The molecule has 0 aliphatic heterocycles. The minimum absolute atomic E-state index is 0.0924. The largest absolute Gasteiger partial charge is 0.444 e. The highest BCUT2D eigenvalue weighted by molar-refractivity contribution is 5.68. The molecule has 16 heavy (non-hydrogen) atoms. The molecule has 4 heteroatoms. The molecule has 0 rings (SSSR count). The van der Waals surface area contributed by atoms with Crippen molar-refractivity contribution in [3.05, 3.63) is 0 Å². The molecule has 1 unspecified atom stereocenters. The monoisotopic (exact) mass is 229 g/mol. The number of hydrogen-bond acceptors (Lipinski definition) is 3. The highest BCUT2D eigenvalue weighted by Crippen LogP contribution is 2.13. The van der Waals surface area contributed by atoms with Gasteiger partial charge in [0.25, 0.3) is 0 Å². The van der Waals surface area contributed by atoms with Gasteiger partial charge in [0.2, 0.25) is 0 Å². The number of nitrogens with zero attached hydrogens (tertiary/aromatic N) is 1. The van der Waals surface area contributed by atoms with Crippen LogP contribution in [0, 0.1) is 0 Å². The first kappa shape index (κ1) is 14.9. The van der Waals surface area contributed by atoms with Gasteiger partial charge in [0.05, 0.1) is 0 Å². The summed E-state index contributed by atoms with van der Waals surface area (Å²) >= 11 is 0. The summed E-state index contributed by atoms with van der Waals surface area (Å²) < 4.78 is 5.24. The van der Waals surface area contributed by atoms with Crippen molar-refractivity contribution in [2.75, 3.05) is 7.05 Å². The van der Waals surface area contributed by atoms with Crippen LogP contribution in [0.3, 0.4) is 0 Å². The molecule has 0 heterocycles. The van der Waals surface area contributed by atoms with E-state index >= 15 is 0 Å². The highest BCUT2D eigenvalue weighted by Gasteiger charge is 2.22. The summed E-state index contributed by atoms with van der Waals surface area (Å²) in [6.07, 6.45) is 2.75. The van der Waals surface area contributed by atoms with Gasteiger partial charge in [-0.1, -0.05) is 0 Å². The molecule has 0 saturated carbocycles. The van der Waals surface area contributed by atoms with E-state index in [2.05, 4.69) is 0 Å². The van der Waals surface area contributed by atoms with Crippen LogP contribution >= 0.6 is 0 Å². The standard InChI is InChI=1S/C12H23NO3/c1-10(8-6-7-9-14)13(5)11(15)16-12(2,3)4/h9-10H,6-8H2,1-5H3. The van der Waals surface area contributed by atoms with Gasteiger partial charge in [-0.2, -0.15) is 0 Å². The Bertz CT molecular complexity index is 233. The zero-order chi connectivity index (χ0) is 12.8. The average Bonchev–Trinajstić information content (AvgIpc) is 2.14. The van der Waals surface area contributed by atoms with E-state index in [1.54, 1.807) is 11.9 Å². The Kier molecular flexibility index (Phi) is 6.08. The Morgan fingerprint density at radius 2 is 2.00 bits per heavy atom. The van der Waals surface area contributed by atoms with Gasteiger partial charge in [-0.15, -0.1) is 0 Å². The Labute approximate surface area is 98.0 Å². The number of ether oxygens (including phenoxy) is 1. The van der Waals surface area contributed by atoms with Crippen LogP contribution in [0.1, 0.15) is 47.0 Å². The lowest BCUT2D eigenvalue weighted by Gasteiger charge is -2.28. The fraction of sp³-hybridized carbons (Fsp3) is 0.833. The van der Waals surface area contributed by atoms with Crippen LogP contribution in [0.2, 0.25) is 0 Å². The molecule has 94 valence electrons. The van der Waals surface area contributed by atoms with Crippen LogP contribution in [-0.2, 0) is 9.53 Å². The molecule has 4 nitrogen and oxygen atoms in total. The van der Waals surface area contributed by atoms with Crippen LogP contribution in [-0.4, -0.2) is 36.0 Å². The van der Waals surface area contributed by atoms with Gasteiger partial charge in [-0.05, 0) is 40.5 Å². The molecule has 0 aliphatic carbocycles. The zero-order valence-corrected chi connectivity index (χ0v) is 10.9. The smallest absolute Gasteiger partial charge is 0.410 e. The van der Waals surface area contributed by atoms with Crippen molar-refractivity contribution in [2.24, 2.45) is 0 Å². The van der Waals surface area contributed by atoms with Crippen molar-refractivity contribution in [1.29, 1.82) is 0 Å². The molecular weight excluding hydrogens is 206 g/mol. The number of amides is 1. The van der Waals surface area contributed by atoms with Crippen molar-refractivity contribution in [2.45, 2.75) is 58.6 Å². The molecule has 0 bridgehead atoms. The minimum Gasteiger partial charge on any atom is -0.444 e. The number of carbonyl (C=O) groups excluding carboxylic acids is 2. The van der Waals surface area contributed by atoms with Crippen molar-refractivity contribution in [3.8, 4) is 0 Å². The normalized spacial score (nSPS) is 13.1. The first-order valence-corrected chi connectivity index (χ1v) is 5.67. The molecule has 0 saturated heterocycles. The van der Waals surface area contributed by atoms with Crippen LogP contribution in [0.5, 0.6) is 0 Å². The molecule has 1 amide bonds. The van der Waals surface area contributed by atoms with Crippen LogP contribution in [0.25, 0.3) is 0 Å². The second kappa shape index (κ2) is 6.51. The lowest BCUT2D eigenvalue weighted by atomic mass is 10.1. The fourth-order valence-corrected chi connectivity index (χ4v) is 1.20. The van der Waals surface area contributed by atoms with E-state index in [-0.39, 0.29) is 12.1 Å². The van der Waals surface area contributed by atoms with Crippen LogP contribution in [0.4, 0.5) is 4.79 Å². The van der Waals surface area contributed by atoms with Crippen LogP contribution < -0.4 is 0 Å². The lowest BCUT2D eigenvalue weighted by Crippen LogP contribution is -2.39. The third-order valence-electron chi connectivity index (χ3n) is 2.29. The summed E-state index contributed by atoms with van der Waals surface area (Å²) in [6.45, 7) is 7.48. The average molecular weight is 229 g/mol. The summed E-state index contributed by atoms with van der Waals surface area (Å²) in [4.78, 5) is 23.4. The van der Waals surface area contributed by atoms with E-state index in [4.69, 9.17) is 4.74 Å². The summed E-state index contributed by atoms with van der Waals surface area (Å²) in [7, 11) is 1.72. The summed E-state index contributed by atoms with van der Waals surface area (Å²) in [5.41, 5.74) is -0.464. The van der Waals surface area contributed by atoms with Gasteiger partial charge in [0, 0.05) is 19.5 Å². The number of aldehydes is 1. The molecule has 0 aromatic carbocycles. The molecule has 1 atom stereocenters. The Morgan fingerprint density at radius 3 is 2.44 bits per heavy atom. The molecule has 0 aromatic rings. The first-order chi connectivity index (χ1) is 7.28. The summed E-state index contributed by atoms with van der Waals surface area (Å²) in [5, 5.41) is 0. The molecular formula is C12H23NO3. The lowest BCUT2D eigenvalue weighted by molar-refractivity contribution is -0.107.